The van der Waals surface area contributed by atoms with Crippen LogP contribution in [0.3, 0.4) is 0 Å². The van der Waals surface area contributed by atoms with Crippen LogP contribution in [0.15, 0.2) is 36.7 Å². The summed E-state index contributed by atoms with van der Waals surface area (Å²) in [7, 11) is -3.44. The van der Waals surface area contributed by atoms with Gasteiger partial charge in [0.25, 0.3) is 10.2 Å². The number of imidazole rings is 1. The van der Waals surface area contributed by atoms with Crippen molar-refractivity contribution in [3.63, 3.8) is 0 Å². The van der Waals surface area contributed by atoms with Gasteiger partial charge in [-0.15, -0.1) is 0 Å². The Balaban J connectivity index is 1.61. The van der Waals surface area contributed by atoms with Crippen LogP contribution in [0.4, 0.5) is 0 Å². The zero-order chi connectivity index (χ0) is 14.7. The molecule has 1 aliphatic heterocycles. The van der Waals surface area contributed by atoms with E-state index < -0.39 is 10.2 Å². The lowest BCUT2D eigenvalue weighted by molar-refractivity contribution is 0.384. The van der Waals surface area contributed by atoms with Gasteiger partial charge >= 0.3 is 0 Å². The van der Waals surface area contributed by atoms with Crippen LogP contribution in [-0.4, -0.2) is 35.8 Å². The van der Waals surface area contributed by atoms with Crippen LogP contribution >= 0.6 is 0 Å². The highest BCUT2D eigenvalue weighted by atomic mass is 32.2. The normalized spacial score (nSPS) is 15.8. The molecule has 1 aliphatic rings. The Bertz CT molecular complexity index is 698. The SMILES string of the molecule is O=S(=O)(NCCc1ncc[nH]1)N1CCc2ccccc2C1. The van der Waals surface area contributed by atoms with E-state index in [9.17, 15) is 8.42 Å². The van der Waals surface area contributed by atoms with E-state index in [1.54, 1.807) is 12.4 Å². The van der Waals surface area contributed by atoms with Crippen molar-refractivity contribution < 1.29 is 8.42 Å². The zero-order valence-electron chi connectivity index (χ0n) is 11.6. The summed E-state index contributed by atoms with van der Waals surface area (Å²) in [5.74, 6) is 0.779. The molecule has 2 heterocycles. The Morgan fingerprint density at radius 1 is 1.29 bits per heavy atom. The van der Waals surface area contributed by atoms with Crippen LogP contribution in [0.2, 0.25) is 0 Å². The van der Waals surface area contributed by atoms with Crippen LogP contribution in [0.1, 0.15) is 17.0 Å². The van der Waals surface area contributed by atoms with Crippen LogP contribution < -0.4 is 4.72 Å². The molecule has 3 rings (SSSR count). The lowest BCUT2D eigenvalue weighted by Gasteiger charge is -2.28. The summed E-state index contributed by atoms with van der Waals surface area (Å²) < 4.78 is 28.7. The lowest BCUT2D eigenvalue weighted by Crippen LogP contribution is -2.43. The molecule has 7 heteroatoms. The molecular formula is C14H18N4O2S. The Hall–Kier alpha value is -1.70. The number of benzene rings is 1. The van der Waals surface area contributed by atoms with Gasteiger partial charge < -0.3 is 4.98 Å². The molecule has 0 saturated heterocycles. The van der Waals surface area contributed by atoms with E-state index in [1.165, 1.54) is 9.87 Å². The van der Waals surface area contributed by atoms with E-state index in [2.05, 4.69) is 20.8 Å². The molecule has 0 aliphatic carbocycles. The van der Waals surface area contributed by atoms with Crippen molar-refractivity contribution in [2.45, 2.75) is 19.4 Å². The van der Waals surface area contributed by atoms with Gasteiger partial charge in [0.2, 0.25) is 0 Å². The second-order valence-electron chi connectivity index (χ2n) is 5.04. The summed E-state index contributed by atoms with van der Waals surface area (Å²) in [5, 5.41) is 0. The van der Waals surface area contributed by atoms with Crippen molar-refractivity contribution in [2.75, 3.05) is 13.1 Å². The fourth-order valence-corrected chi connectivity index (χ4v) is 3.68. The third-order valence-electron chi connectivity index (χ3n) is 3.64. The average Bonchev–Trinajstić information content (AvgIpc) is 3.00. The molecule has 0 fully saturated rings. The molecule has 0 atom stereocenters. The lowest BCUT2D eigenvalue weighted by atomic mass is 10.0. The first kappa shape index (κ1) is 14.2. The molecule has 2 N–H and O–H groups in total. The highest BCUT2D eigenvalue weighted by Gasteiger charge is 2.25. The Labute approximate surface area is 124 Å². The van der Waals surface area contributed by atoms with E-state index in [0.717, 1.165) is 17.8 Å². The number of rotatable bonds is 5. The molecule has 0 radical (unpaired) electrons. The summed E-state index contributed by atoms with van der Waals surface area (Å²) in [4.78, 5) is 7.03. The molecule has 0 amide bonds. The molecule has 0 unspecified atom stereocenters. The second-order valence-corrected chi connectivity index (χ2v) is 6.79. The quantitative estimate of drug-likeness (QED) is 0.859. The van der Waals surface area contributed by atoms with E-state index in [4.69, 9.17) is 0 Å². The maximum absolute atomic E-state index is 12.3. The number of fused-ring (bicyclic) bond motifs is 1. The van der Waals surface area contributed by atoms with Gasteiger partial charge in [0.1, 0.15) is 5.82 Å². The minimum Gasteiger partial charge on any atom is -0.349 e. The molecule has 0 bridgehead atoms. The van der Waals surface area contributed by atoms with Gasteiger partial charge in [-0.05, 0) is 17.5 Å². The van der Waals surface area contributed by atoms with Crippen LogP contribution in [0.5, 0.6) is 0 Å². The predicted octanol–water partition coefficient (Wildman–Crippen LogP) is 0.845. The van der Waals surface area contributed by atoms with Gasteiger partial charge in [-0.1, -0.05) is 24.3 Å². The topological polar surface area (TPSA) is 78.1 Å². The number of nitrogens with zero attached hydrogens (tertiary/aromatic N) is 2. The van der Waals surface area contributed by atoms with Gasteiger partial charge in [-0.2, -0.15) is 12.7 Å². The Morgan fingerprint density at radius 3 is 2.86 bits per heavy atom. The summed E-state index contributed by atoms with van der Waals surface area (Å²) >= 11 is 0. The fraction of sp³-hybridized carbons (Fsp3) is 0.357. The van der Waals surface area contributed by atoms with Gasteiger partial charge in [-0.3, -0.25) is 0 Å². The molecule has 6 nitrogen and oxygen atoms in total. The van der Waals surface area contributed by atoms with Gasteiger partial charge in [0, 0.05) is 38.4 Å². The Morgan fingerprint density at radius 2 is 2.10 bits per heavy atom. The third-order valence-corrected chi connectivity index (χ3v) is 5.20. The first-order valence-electron chi connectivity index (χ1n) is 6.95. The fourth-order valence-electron chi connectivity index (χ4n) is 2.50. The highest BCUT2D eigenvalue weighted by molar-refractivity contribution is 7.87. The largest absolute Gasteiger partial charge is 0.349 e. The number of hydrogen-bond donors (Lipinski definition) is 2. The molecule has 1 aromatic carbocycles. The highest BCUT2D eigenvalue weighted by Crippen LogP contribution is 2.20. The van der Waals surface area contributed by atoms with Crippen molar-refractivity contribution >= 4 is 10.2 Å². The molecule has 1 aromatic heterocycles. The van der Waals surface area contributed by atoms with Gasteiger partial charge in [0.15, 0.2) is 0 Å². The van der Waals surface area contributed by atoms with E-state index in [-0.39, 0.29) is 0 Å². The molecule has 2 aromatic rings. The second kappa shape index (κ2) is 5.97. The molecule has 112 valence electrons. The molecule has 21 heavy (non-hydrogen) atoms. The van der Waals surface area contributed by atoms with Crippen LogP contribution in [0.25, 0.3) is 0 Å². The Kier molecular flexibility index (Phi) is 4.05. The minimum absolute atomic E-state index is 0.341. The number of hydrogen-bond acceptors (Lipinski definition) is 3. The number of aromatic nitrogens is 2. The predicted molar refractivity (Wildman–Crippen MR) is 79.8 cm³/mol. The van der Waals surface area contributed by atoms with Crippen LogP contribution in [0, 0.1) is 0 Å². The summed E-state index contributed by atoms with van der Waals surface area (Å²) in [6.45, 7) is 1.30. The van der Waals surface area contributed by atoms with E-state index in [0.29, 0.717) is 26.1 Å². The maximum atomic E-state index is 12.3. The maximum Gasteiger partial charge on any atom is 0.279 e. The van der Waals surface area contributed by atoms with Gasteiger partial charge in [0.05, 0.1) is 0 Å². The van der Waals surface area contributed by atoms with Gasteiger partial charge in [-0.25, -0.2) is 9.71 Å². The first-order valence-corrected chi connectivity index (χ1v) is 8.39. The van der Waals surface area contributed by atoms with Crippen molar-refractivity contribution in [3.8, 4) is 0 Å². The first-order chi connectivity index (χ1) is 10.1. The molecular weight excluding hydrogens is 288 g/mol. The van der Waals surface area contributed by atoms with Crippen molar-refractivity contribution in [2.24, 2.45) is 0 Å². The van der Waals surface area contributed by atoms with E-state index >= 15 is 0 Å². The summed E-state index contributed by atoms with van der Waals surface area (Å²) in [6.07, 6.45) is 4.70. The summed E-state index contributed by atoms with van der Waals surface area (Å²) in [5.41, 5.74) is 2.32. The zero-order valence-corrected chi connectivity index (χ0v) is 12.4. The van der Waals surface area contributed by atoms with E-state index in [1.807, 2.05) is 18.2 Å². The van der Waals surface area contributed by atoms with Crippen molar-refractivity contribution in [1.82, 2.24) is 19.0 Å². The molecule has 0 saturated carbocycles. The smallest absolute Gasteiger partial charge is 0.279 e. The summed E-state index contributed by atoms with van der Waals surface area (Å²) in [6, 6.07) is 7.98. The third kappa shape index (κ3) is 3.31. The van der Waals surface area contributed by atoms with Crippen molar-refractivity contribution in [1.29, 1.82) is 0 Å². The monoisotopic (exact) mass is 306 g/mol. The number of aromatic amines is 1. The molecule has 0 spiro atoms. The number of H-pyrrole nitrogens is 1. The van der Waals surface area contributed by atoms with Crippen LogP contribution in [-0.2, 0) is 29.6 Å². The number of nitrogens with one attached hydrogen (secondary N) is 2. The minimum atomic E-state index is -3.44. The standard InChI is InChI=1S/C14H18N4O2S/c19-21(20,17-7-5-14-15-8-9-16-14)18-10-6-12-3-1-2-4-13(12)11-18/h1-4,8-9,17H,5-7,10-11H2,(H,15,16). The average molecular weight is 306 g/mol. The van der Waals surface area contributed by atoms with Crippen molar-refractivity contribution in [3.05, 3.63) is 53.6 Å².